The lowest BCUT2D eigenvalue weighted by Gasteiger charge is -2.30. The molecule has 23 heavy (non-hydrogen) atoms. The van der Waals surface area contributed by atoms with Gasteiger partial charge < -0.3 is 19.7 Å². The van der Waals surface area contributed by atoms with Gasteiger partial charge in [-0.05, 0) is 25.3 Å². The van der Waals surface area contributed by atoms with Crippen LogP contribution < -0.4 is 0 Å². The zero-order valence-electron chi connectivity index (χ0n) is 13.6. The van der Waals surface area contributed by atoms with E-state index in [1.165, 1.54) is 14.0 Å². The number of rotatable bonds is 4. The molecule has 126 valence electrons. The minimum atomic E-state index is -0.576. The largest absolute Gasteiger partial charge is 0.465 e. The maximum atomic E-state index is 12.4. The van der Waals surface area contributed by atoms with Gasteiger partial charge in [-0.25, -0.2) is 4.79 Å². The predicted octanol–water partition coefficient (Wildman–Crippen LogP) is 0.838. The van der Waals surface area contributed by atoms with E-state index in [1.54, 1.807) is 11.8 Å². The molecule has 0 unspecified atom stereocenters. The van der Waals surface area contributed by atoms with Gasteiger partial charge in [-0.1, -0.05) is 0 Å². The van der Waals surface area contributed by atoms with Gasteiger partial charge in [-0.15, -0.1) is 0 Å². The van der Waals surface area contributed by atoms with E-state index in [2.05, 4.69) is 4.98 Å². The number of hydrogen-bond acceptors (Lipinski definition) is 5. The Labute approximate surface area is 134 Å². The number of methoxy groups -OCH3 is 1. The maximum Gasteiger partial charge on any atom is 0.339 e. The smallest absolute Gasteiger partial charge is 0.339 e. The van der Waals surface area contributed by atoms with E-state index >= 15 is 0 Å². The fourth-order valence-corrected chi connectivity index (χ4v) is 2.97. The number of aliphatic hydroxyl groups is 1. The van der Waals surface area contributed by atoms with E-state index in [4.69, 9.17) is 4.74 Å². The van der Waals surface area contributed by atoms with Crippen molar-refractivity contribution in [2.75, 3.05) is 20.2 Å². The summed E-state index contributed by atoms with van der Waals surface area (Å²) < 4.78 is 4.76. The van der Waals surface area contributed by atoms with Crippen LogP contribution in [0, 0.1) is 6.92 Å². The molecule has 0 saturated carbocycles. The number of aromatic amines is 1. The topological polar surface area (TPSA) is 99.7 Å². The molecule has 2 N–H and O–H groups in total. The van der Waals surface area contributed by atoms with Crippen molar-refractivity contribution in [3.8, 4) is 0 Å². The van der Waals surface area contributed by atoms with E-state index in [9.17, 15) is 19.5 Å². The molecule has 1 aliphatic rings. The van der Waals surface area contributed by atoms with Gasteiger partial charge in [0.2, 0.25) is 5.91 Å². The molecule has 0 aliphatic carbocycles. The van der Waals surface area contributed by atoms with Crippen LogP contribution in [0.5, 0.6) is 0 Å². The lowest BCUT2D eigenvalue weighted by atomic mass is 10.1. The number of nitrogens with one attached hydrogen (secondary N) is 1. The lowest BCUT2D eigenvalue weighted by Crippen LogP contribution is -2.43. The van der Waals surface area contributed by atoms with Crippen LogP contribution in [0.1, 0.15) is 51.9 Å². The number of β-amino-alcohol motifs (C(OH)–C–C–N with tert-alkyl or cyclic N) is 1. The van der Waals surface area contributed by atoms with Crippen LogP contribution in [0.2, 0.25) is 0 Å². The molecule has 7 heteroatoms. The Morgan fingerprint density at radius 2 is 2.09 bits per heavy atom. The second-order valence-electron chi connectivity index (χ2n) is 5.84. The number of ether oxygens (including phenoxy) is 1. The van der Waals surface area contributed by atoms with Crippen molar-refractivity contribution in [1.82, 2.24) is 9.88 Å². The summed E-state index contributed by atoms with van der Waals surface area (Å²) in [5.41, 5.74) is 1.42. The number of ketones is 1. The molecular weight excluding hydrogens is 300 g/mol. The molecule has 7 nitrogen and oxygen atoms in total. The molecule has 0 spiro atoms. The number of amides is 1. The van der Waals surface area contributed by atoms with Gasteiger partial charge in [-0.3, -0.25) is 9.59 Å². The minimum absolute atomic E-state index is 0.0364. The standard InChI is InChI=1S/C16H22N2O5/c1-9-14(16(22)23-3)12(17-15(9)10(2)19)7-13(21)18-6-4-5-11(20)8-18/h11,17,20H,4-8H2,1-3H3/t11-/m1/s1. The average Bonchev–Trinajstić information content (AvgIpc) is 2.83. The molecule has 1 atom stereocenters. The number of nitrogens with zero attached hydrogens (tertiary/aromatic N) is 1. The first kappa shape index (κ1) is 17.2. The maximum absolute atomic E-state index is 12.4. The Balaban J connectivity index is 2.27. The number of likely N-dealkylation sites (tertiary alicyclic amines) is 1. The van der Waals surface area contributed by atoms with E-state index in [1.807, 2.05) is 0 Å². The molecule has 0 bridgehead atoms. The first-order valence-electron chi connectivity index (χ1n) is 7.61. The molecule has 1 aliphatic heterocycles. The summed E-state index contributed by atoms with van der Waals surface area (Å²) in [5.74, 6) is -0.974. The third-order valence-electron chi connectivity index (χ3n) is 4.15. The number of hydrogen-bond donors (Lipinski definition) is 2. The van der Waals surface area contributed by atoms with E-state index in [0.29, 0.717) is 36.5 Å². The third kappa shape index (κ3) is 3.61. The summed E-state index contributed by atoms with van der Waals surface area (Å²) in [6.45, 7) is 3.93. The summed E-state index contributed by atoms with van der Waals surface area (Å²) in [6.07, 6.45) is 0.892. The molecule has 1 amide bonds. The Morgan fingerprint density at radius 3 is 2.65 bits per heavy atom. The summed E-state index contributed by atoms with van der Waals surface area (Å²) in [4.78, 5) is 40.5. The molecule has 2 heterocycles. The van der Waals surface area contributed by atoms with Crippen LogP contribution in [0.3, 0.4) is 0 Å². The summed E-state index contributed by atoms with van der Waals surface area (Å²) in [7, 11) is 1.26. The van der Waals surface area contributed by atoms with Gasteiger partial charge in [0.25, 0.3) is 0 Å². The van der Waals surface area contributed by atoms with Gasteiger partial charge in [-0.2, -0.15) is 0 Å². The number of aromatic nitrogens is 1. The highest BCUT2D eigenvalue weighted by Crippen LogP contribution is 2.22. The Bertz CT molecular complexity index is 635. The lowest BCUT2D eigenvalue weighted by molar-refractivity contribution is -0.133. The molecule has 1 fully saturated rings. The van der Waals surface area contributed by atoms with Gasteiger partial charge >= 0.3 is 5.97 Å². The first-order chi connectivity index (χ1) is 10.8. The fraction of sp³-hybridized carbons (Fsp3) is 0.562. The summed E-state index contributed by atoms with van der Waals surface area (Å²) >= 11 is 0. The van der Waals surface area contributed by atoms with Crippen LogP contribution in [0.4, 0.5) is 0 Å². The van der Waals surface area contributed by atoms with Crippen LogP contribution >= 0.6 is 0 Å². The van der Waals surface area contributed by atoms with E-state index in [-0.39, 0.29) is 23.7 Å². The third-order valence-corrected chi connectivity index (χ3v) is 4.15. The molecule has 1 saturated heterocycles. The summed E-state index contributed by atoms with van der Waals surface area (Å²) in [6, 6.07) is 0. The Hall–Kier alpha value is -2.15. The van der Waals surface area contributed by atoms with Gasteiger partial charge in [0.15, 0.2) is 5.78 Å². The normalized spacial score (nSPS) is 17.9. The number of carbonyl (C=O) groups excluding carboxylic acids is 3. The van der Waals surface area contributed by atoms with Crippen molar-refractivity contribution >= 4 is 17.7 Å². The van der Waals surface area contributed by atoms with Crippen LogP contribution in [0.25, 0.3) is 0 Å². The quantitative estimate of drug-likeness (QED) is 0.632. The number of Topliss-reactive ketones (excluding diaryl/α,β-unsaturated/α-hetero) is 1. The number of aliphatic hydroxyl groups excluding tert-OH is 1. The molecule has 1 aromatic rings. The Kier molecular flexibility index (Phi) is 5.20. The van der Waals surface area contributed by atoms with Crippen molar-refractivity contribution in [2.24, 2.45) is 0 Å². The molecular formula is C16H22N2O5. The molecule has 1 aromatic heterocycles. The fourth-order valence-electron chi connectivity index (χ4n) is 2.97. The van der Waals surface area contributed by atoms with Crippen LogP contribution in [0.15, 0.2) is 0 Å². The van der Waals surface area contributed by atoms with Gasteiger partial charge in [0, 0.05) is 25.7 Å². The predicted molar refractivity (Wildman–Crippen MR) is 82.4 cm³/mol. The molecule has 0 radical (unpaired) electrons. The highest BCUT2D eigenvalue weighted by atomic mass is 16.5. The number of piperidine rings is 1. The number of carbonyl (C=O) groups is 3. The van der Waals surface area contributed by atoms with Gasteiger partial charge in [0.05, 0.1) is 30.9 Å². The Morgan fingerprint density at radius 1 is 1.39 bits per heavy atom. The number of H-pyrrole nitrogens is 1. The van der Waals surface area contributed by atoms with Crippen molar-refractivity contribution in [3.05, 3.63) is 22.5 Å². The average molecular weight is 322 g/mol. The SMILES string of the molecule is COC(=O)c1c(CC(=O)N2CCC[C@@H](O)C2)[nH]c(C(C)=O)c1C. The van der Waals surface area contributed by atoms with Crippen molar-refractivity contribution in [3.63, 3.8) is 0 Å². The van der Waals surface area contributed by atoms with Crippen molar-refractivity contribution in [1.29, 1.82) is 0 Å². The van der Waals surface area contributed by atoms with Gasteiger partial charge in [0.1, 0.15) is 0 Å². The van der Waals surface area contributed by atoms with Crippen molar-refractivity contribution < 1.29 is 24.2 Å². The van der Waals surface area contributed by atoms with Crippen LogP contribution in [-0.4, -0.2) is 59.0 Å². The van der Waals surface area contributed by atoms with Crippen molar-refractivity contribution in [2.45, 2.75) is 39.2 Å². The zero-order valence-corrected chi connectivity index (χ0v) is 13.6. The first-order valence-corrected chi connectivity index (χ1v) is 7.61. The minimum Gasteiger partial charge on any atom is -0.465 e. The summed E-state index contributed by atoms with van der Waals surface area (Å²) in [5, 5.41) is 9.68. The second-order valence-corrected chi connectivity index (χ2v) is 5.84. The highest BCUT2D eigenvalue weighted by Gasteiger charge is 2.27. The van der Waals surface area contributed by atoms with E-state index in [0.717, 1.165) is 6.42 Å². The van der Waals surface area contributed by atoms with Crippen LogP contribution in [-0.2, 0) is 16.0 Å². The highest BCUT2D eigenvalue weighted by molar-refractivity contribution is 6.01. The number of esters is 1. The second kappa shape index (κ2) is 6.95. The van der Waals surface area contributed by atoms with E-state index < -0.39 is 12.1 Å². The molecule has 2 rings (SSSR count). The molecule has 0 aromatic carbocycles. The zero-order chi connectivity index (χ0) is 17.1. The monoisotopic (exact) mass is 322 g/mol.